The number of nitrogens with zero attached hydrogens (tertiary/aromatic N) is 8. The van der Waals surface area contributed by atoms with Gasteiger partial charge in [-0.2, -0.15) is 8.78 Å². The molecule has 0 saturated carbocycles. The first-order valence-electron chi connectivity index (χ1n) is 11.8. The van der Waals surface area contributed by atoms with E-state index in [0.717, 1.165) is 56.3 Å². The van der Waals surface area contributed by atoms with Crippen LogP contribution >= 0.6 is 0 Å². The fraction of sp³-hybridized carbons (Fsp3) is 0.375. The van der Waals surface area contributed by atoms with Gasteiger partial charge in [0.1, 0.15) is 5.69 Å². The van der Waals surface area contributed by atoms with Gasteiger partial charge < -0.3 is 14.1 Å². The molecule has 36 heavy (non-hydrogen) atoms. The second-order valence-corrected chi connectivity index (χ2v) is 8.85. The van der Waals surface area contributed by atoms with Gasteiger partial charge >= 0.3 is 6.43 Å². The van der Waals surface area contributed by atoms with Crippen molar-refractivity contribution in [3.8, 4) is 22.7 Å². The minimum absolute atomic E-state index is 0.00532. The number of ether oxygens (including phenoxy) is 1. The van der Waals surface area contributed by atoms with Gasteiger partial charge in [-0.15, -0.1) is 15.3 Å². The fourth-order valence-corrected chi connectivity index (χ4v) is 4.40. The van der Waals surface area contributed by atoms with E-state index in [0.29, 0.717) is 18.2 Å². The summed E-state index contributed by atoms with van der Waals surface area (Å²) in [6.07, 6.45) is 0.589. The van der Waals surface area contributed by atoms with Crippen molar-refractivity contribution < 1.29 is 17.9 Å². The van der Waals surface area contributed by atoms with Crippen LogP contribution in [0.4, 0.5) is 14.5 Å². The lowest BCUT2D eigenvalue weighted by Crippen LogP contribution is -2.56. The predicted octanol–water partition coefficient (Wildman–Crippen LogP) is 2.90. The summed E-state index contributed by atoms with van der Waals surface area (Å²) in [4.78, 5) is 9.29. The Kier molecular flexibility index (Phi) is 6.11. The summed E-state index contributed by atoms with van der Waals surface area (Å²) in [5.74, 6) is -0.704. The number of anilines is 1. The molecule has 12 heteroatoms. The maximum Gasteiger partial charge on any atom is 0.314 e. The number of pyridine rings is 1. The molecule has 2 fully saturated rings. The van der Waals surface area contributed by atoms with Gasteiger partial charge in [-0.3, -0.25) is 9.88 Å². The van der Waals surface area contributed by atoms with E-state index in [-0.39, 0.29) is 5.89 Å². The number of piperazine rings is 1. The Balaban J connectivity index is 1.10. The monoisotopic (exact) mass is 494 g/mol. The zero-order chi connectivity index (χ0) is 24.5. The van der Waals surface area contributed by atoms with Crippen molar-refractivity contribution in [3.05, 3.63) is 60.4 Å². The summed E-state index contributed by atoms with van der Waals surface area (Å²) in [5, 5.41) is 15.6. The average molecular weight is 495 g/mol. The lowest BCUT2D eigenvalue weighted by molar-refractivity contribution is -0.0660. The summed E-state index contributed by atoms with van der Waals surface area (Å²) in [6.45, 7) is 6.17. The van der Waals surface area contributed by atoms with Crippen molar-refractivity contribution in [3.63, 3.8) is 0 Å². The van der Waals surface area contributed by atoms with Crippen molar-refractivity contribution in [1.82, 2.24) is 35.1 Å². The molecular weight excluding hydrogens is 470 g/mol. The topological polar surface area (TPSA) is 98.2 Å². The molecule has 4 aromatic rings. The SMILES string of the molecule is FC(F)c1nnc(-c2ccc(Cn3cc(-c4cccc(N5CCN(C6COC6)CC5)c4)nn3)nc2)o1. The van der Waals surface area contributed by atoms with E-state index in [2.05, 4.69) is 47.4 Å². The third kappa shape index (κ3) is 4.69. The van der Waals surface area contributed by atoms with Crippen LogP contribution in [0.15, 0.2) is 53.2 Å². The molecule has 0 spiro atoms. The van der Waals surface area contributed by atoms with E-state index < -0.39 is 12.3 Å². The molecule has 3 aromatic heterocycles. The Hall–Kier alpha value is -3.77. The Morgan fingerprint density at radius 2 is 1.83 bits per heavy atom. The zero-order valence-corrected chi connectivity index (χ0v) is 19.4. The molecule has 0 atom stereocenters. The van der Waals surface area contributed by atoms with Gasteiger partial charge in [-0.25, -0.2) is 4.68 Å². The summed E-state index contributed by atoms with van der Waals surface area (Å²) in [5.41, 5.74) is 4.16. The van der Waals surface area contributed by atoms with Gasteiger partial charge in [0.2, 0.25) is 5.89 Å². The van der Waals surface area contributed by atoms with E-state index in [9.17, 15) is 8.78 Å². The first kappa shape index (κ1) is 22.7. The predicted molar refractivity (Wildman–Crippen MR) is 125 cm³/mol. The van der Waals surface area contributed by atoms with Crippen LogP contribution in [0, 0.1) is 0 Å². The molecule has 6 rings (SSSR count). The normalized spacial score (nSPS) is 17.0. The zero-order valence-electron chi connectivity index (χ0n) is 19.4. The highest BCUT2D eigenvalue weighted by molar-refractivity contribution is 5.65. The van der Waals surface area contributed by atoms with E-state index in [1.807, 2.05) is 18.3 Å². The second-order valence-electron chi connectivity index (χ2n) is 8.85. The molecule has 0 bridgehead atoms. The highest BCUT2D eigenvalue weighted by Gasteiger charge is 2.29. The molecular formula is C24H24F2N8O2. The molecule has 10 nitrogen and oxygen atoms in total. The van der Waals surface area contributed by atoms with Crippen LogP contribution < -0.4 is 4.90 Å². The van der Waals surface area contributed by atoms with Gasteiger partial charge in [0.25, 0.3) is 5.89 Å². The smallest absolute Gasteiger partial charge is 0.314 e. The Morgan fingerprint density at radius 1 is 0.972 bits per heavy atom. The molecule has 5 heterocycles. The first-order chi connectivity index (χ1) is 17.6. The van der Waals surface area contributed by atoms with Gasteiger partial charge in [-0.1, -0.05) is 17.3 Å². The summed E-state index contributed by atoms with van der Waals surface area (Å²) < 4.78 is 37.3. The number of hydrogen-bond donors (Lipinski definition) is 0. The van der Waals surface area contributed by atoms with Crippen molar-refractivity contribution in [2.24, 2.45) is 0 Å². The summed E-state index contributed by atoms with van der Waals surface area (Å²) in [7, 11) is 0. The summed E-state index contributed by atoms with van der Waals surface area (Å²) >= 11 is 0. The maximum atomic E-state index is 12.7. The van der Waals surface area contributed by atoms with Gasteiger partial charge in [0, 0.05) is 43.6 Å². The van der Waals surface area contributed by atoms with Crippen LogP contribution in [0.2, 0.25) is 0 Å². The van der Waals surface area contributed by atoms with E-state index >= 15 is 0 Å². The quantitative estimate of drug-likeness (QED) is 0.384. The fourth-order valence-electron chi connectivity index (χ4n) is 4.40. The number of alkyl halides is 2. The van der Waals surface area contributed by atoms with Crippen molar-refractivity contribution in [2.75, 3.05) is 44.3 Å². The minimum Gasteiger partial charge on any atom is -0.415 e. The van der Waals surface area contributed by atoms with E-state index in [4.69, 9.17) is 9.15 Å². The molecule has 2 aliphatic rings. The third-order valence-corrected chi connectivity index (χ3v) is 6.52. The van der Waals surface area contributed by atoms with Gasteiger partial charge in [0.15, 0.2) is 0 Å². The molecule has 0 unspecified atom stereocenters. The van der Waals surface area contributed by atoms with Gasteiger partial charge in [-0.05, 0) is 24.3 Å². The lowest BCUT2D eigenvalue weighted by Gasteiger charge is -2.43. The highest BCUT2D eigenvalue weighted by atomic mass is 19.3. The van der Waals surface area contributed by atoms with Crippen LogP contribution in [-0.4, -0.2) is 80.5 Å². The van der Waals surface area contributed by atoms with Gasteiger partial charge in [0.05, 0.1) is 43.3 Å². The van der Waals surface area contributed by atoms with Crippen LogP contribution in [0.25, 0.3) is 22.7 Å². The highest BCUT2D eigenvalue weighted by Crippen LogP contribution is 2.26. The number of benzene rings is 1. The van der Waals surface area contributed by atoms with E-state index in [1.54, 1.807) is 16.8 Å². The molecule has 0 amide bonds. The van der Waals surface area contributed by atoms with Crippen LogP contribution in [-0.2, 0) is 11.3 Å². The number of aromatic nitrogens is 6. The standard InChI is InChI=1S/C24H24F2N8O2/c25-22(26)24-30-29-23(36-24)17-4-5-18(27-11-17)12-34-13-21(28-31-34)16-2-1-3-19(10-16)32-6-8-33(9-7-32)20-14-35-15-20/h1-5,10-11,13,20,22H,6-9,12,14-15H2. The van der Waals surface area contributed by atoms with Crippen LogP contribution in [0.3, 0.4) is 0 Å². The second kappa shape index (κ2) is 9.70. The molecule has 0 radical (unpaired) electrons. The number of halogens is 2. The molecule has 1 aromatic carbocycles. The van der Waals surface area contributed by atoms with E-state index in [1.165, 1.54) is 11.9 Å². The molecule has 0 N–H and O–H groups in total. The largest absolute Gasteiger partial charge is 0.415 e. The van der Waals surface area contributed by atoms with Crippen LogP contribution in [0.5, 0.6) is 0 Å². The molecule has 2 saturated heterocycles. The summed E-state index contributed by atoms with van der Waals surface area (Å²) in [6, 6.07) is 12.4. The third-order valence-electron chi connectivity index (χ3n) is 6.52. The lowest BCUT2D eigenvalue weighted by atomic mass is 10.1. The maximum absolute atomic E-state index is 12.7. The number of hydrogen-bond acceptors (Lipinski definition) is 9. The minimum atomic E-state index is -2.81. The van der Waals surface area contributed by atoms with Crippen LogP contribution in [0.1, 0.15) is 18.0 Å². The van der Waals surface area contributed by atoms with Crippen molar-refractivity contribution in [1.29, 1.82) is 0 Å². The first-order valence-corrected chi connectivity index (χ1v) is 11.8. The number of rotatable bonds is 7. The molecule has 2 aliphatic heterocycles. The molecule has 0 aliphatic carbocycles. The van der Waals surface area contributed by atoms with Crippen molar-refractivity contribution >= 4 is 5.69 Å². The average Bonchev–Trinajstić information content (AvgIpc) is 3.55. The molecule has 186 valence electrons. The Bertz CT molecular complexity index is 1310. The Morgan fingerprint density at radius 3 is 2.53 bits per heavy atom. The van der Waals surface area contributed by atoms with Crippen molar-refractivity contribution in [2.45, 2.75) is 19.0 Å². The Labute approximate surface area is 205 Å².